The molecule has 1 heterocycles. The third kappa shape index (κ3) is 3.81. The zero-order chi connectivity index (χ0) is 26.5. The minimum absolute atomic E-state index is 1.08. The average Bonchev–Trinajstić information content (AvgIpc) is 3.34. The lowest BCUT2D eigenvalue weighted by atomic mass is 9.99. The Bertz CT molecular complexity index is 2190. The normalized spacial score (nSPS) is 11.5. The molecule has 0 spiro atoms. The van der Waals surface area contributed by atoms with E-state index in [1.54, 1.807) is 0 Å². The van der Waals surface area contributed by atoms with Crippen LogP contribution < -0.4 is 5.32 Å². The van der Waals surface area contributed by atoms with Gasteiger partial charge in [-0.1, -0.05) is 91.0 Å². The van der Waals surface area contributed by atoms with Gasteiger partial charge in [0.25, 0.3) is 0 Å². The fourth-order valence-electron chi connectivity index (χ4n) is 5.94. The maximum absolute atomic E-state index is 3.66. The fraction of sp³-hybridized carbons (Fsp3) is 0. The molecule has 0 saturated heterocycles. The first kappa shape index (κ1) is 22.6. The molecule has 0 amide bonds. The average molecular weight is 511 g/mol. The first-order chi connectivity index (χ1) is 19.8. The predicted octanol–water partition coefficient (Wildman–Crippen LogP) is 10.5. The highest BCUT2D eigenvalue weighted by atomic mass is 15.0. The molecule has 0 bridgehead atoms. The van der Waals surface area contributed by atoms with E-state index in [2.05, 4.69) is 162 Å². The van der Waals surface area contributed by atoms with Crippen molar-refractivity contribution in [3.63, 3.8) is 0 Å². The smallest absolute Gasteiger partial charge is 0.0542 e. The van der Waals surface area contributed by atoms with E-state index in [1.165, 1.54) is 54.5 Å². The Morgan fingerprint density at radius 2 is 0.900 bits per heavy atom. The molecule has 40 heavy (non-hydrogen) atoms. The quantitative estimate of drug-likeness (QED) is 0.249. The lowest BCUT2D eigenvalue weighted by Gasteiger charge is -2.10. The lowest BCUT2D eigenvalue weighted by molar-refractivity contribution is 1.18. The summed E-state index contributed by atoms with van der Waals surface area (Å²) in [6.07, 6.45) is 0. The van der Waals surface area contributed by atoms with E-state index in [0.29, 0.717) is 0 Å². The minimum atomic E-state index is 1.08. The third-order valence-electron chi connectivity index (χ3n) is 7.90. The molecule has 2 heteroatoms. The van der Waals surface area contributed by atoms with Crippen molar-refractivity contribution in [2.75, 3.05) is 5.32 Å². The van der Waals surface area contributed by atoms with Crippen LogP contribution in [0.5, 0.6) is 0 Å². The van der Waals surface area contributed by atoms with Gasteiger partial charge < -0.3 is 9.88 Å². The van der Waals surface area contributed by atoms with Gasteiger partial charge in [-0.05, 0) is 93.3 Å². The van der Waals surface area contributed by atoms with E-state index in [9.17, 15) is 0 Å². The Balaban J connectivity index is 1.30. The fourth-order valence-corrected chi connectivity index (χ4v) is 5.94. The van der Waals surface area contributed by atoms with Crippen LogP contribution in [0.2, 0.25) is 0 Å². The Morgan fingerprint density at radius 1 is 0.375 bits per heavy atom. The van der Waals surface area contributed by atoms with Crippen molar-refractivity contribution in [1.82, 2.24) is 4.57 Å². The number of anilines is 2. The van der Waals surface area contributed by atoms with Gasteiger partial charge in [-0.2, -0.15) is 0 Å². The van der Waals surface area contributed by atoms with Crippen molar-refractivity contribution in [3.8, 4) is 16.8 Å². The van der Waals surface area contributed by atoms with E-state index in [1.807, 2.05) is 0 Å². The molecule has 1 N–H and O–H groups in total. The van der Waals surface area contributed by atoms with Crippen LogP contribution in [0.4, 0.5) is 11.4 Å². The van der Waals surface area contributed by atoms with Gasteiger partial charge in [0, 0.05) is 27.8 Å². The largest absolute Gasteiger partial charge is 0.355 e. The molecule has 2 nitrogen and oxygen atoms in total. The van der Waals surface area contributed by atoms with E-state index in [0.717, 1.165) is 17.1 Å². The van der Waals surface area contributed by atoms with Crippen LogP contribution in [-0.2, 0) is 0 Å². The molecular weight excluding hydrogens is 484 g/mol. The minimum Gasteiger partial charge on any atom is -0.355 e. The Hall–Kier alpha value is -5.34. The SMILES string of the molecule is c1ccc(-n2c3ccc(Nc4ccc5ccccc5c4)cc3c3cc(-c4ccc5ccccc5c4)ccc32)cc1. The molecule has 0 aliphatic rings. The zero-order valence-electron chi connectivity index (χ0n) is 21.9. The highest BCUT2D eigenvalue weighted by Crippen LogP contribution is 2.37. The monoisotopic (exact) mass is 510 g/mol. The summed E-state index contributed by atoms with van der Waals surface area (Å²) in [5.41, 5.74) is 8.17. The molecule has 0 fully saturated rings. The van der Waals surface area contributed by atoms with Crippen LogP contribution >= 0.6 is 0 Å². The van der Waals surface area contributed by atoms with Gasteiger partial charge in [-0.15, -0.1) is 0 Å². The van der Waals surface area contributed by atoms with Crippen molar-refractivity contribution in [2.45, 2.75) is 0 Å². The topological polar surface area (TPSA) is 17.0 Å². The number of aromatic nitrogens is 1. The summed E-state index contributed by atoms with van der Waals surface area (Å²) in [6.45, 7) is 0. The van der Waals surface area contributed by atoms with Gasteiger partial charge in [0.1, 0.15) is 0 Å². The summed E-state index contributed by atoms with van der Waals surface area (Å²) >= 11 is 0. The van der Waals surface area contributed by atoms with Crippen molar-refractivity contribution >= 4 is 54.7 Å². The highest BCUT2D eigenvalue weighted by molar-refractivity contribution is 6.11. The predicted molar refractivity (Wildman–Crippen MR) is 171 cm³/mol. The summed E-state index contributed by atoms with van der Waals surface area (Å²) in [5, 5.41) is 11.1. The summed E-state index contributed by atoms with van der Waals surface area (Å²) < 4.78 is 2.37. The molecule has 0 unspecified atom stereocenters. The van der Waals surface area contributed by atoms with Crippen molar-refractivity contribution in [2.24, 2.45) is 0 Å². The first-order valence-electron chi connectivity index (χ1n) is 13.7. The molecule has 0 radical (unpaired) electrons. The van der Waals surface area contributed by atoms with Gasteiger partial charge in [-0.25, -0.2) is 0 Å². The number of rotatable bonds is 4. The maximum atomic E-state index is 3.66. The summed E-state index contributed by atoms with van der Waals surface area (Å²) in [5.74, 6) is 0. The number of nitrogens with one attached hydrogen (secondary N) is 1. The summed E-state index contributed by atoms with van der Waals surface area (Å²) in [4.78, 5) is 0. The second-order valence-corrected chi connectivity index (χ2v) is 10.4. The van der Waals surface area contributed by atoms with E-state index < -0.39 is 0 Å². The zero-order valence-corrected chi connectivity index (χ0v) is 21.9. The van der Waals surface area contributed by atoms with E-state index in [-0.39, 0.29) is 0 Å². The highest BCUT2D eigenvalue weighted by Gasteiger charge is 2.14. The second-order valence-electron chi connectivity index (χ2n) is 10.4. The van der Waals surface area contributed by atoms with Gasteiger partial charge in [-0.3, -0.25) is 0 Å². The molecule has 188 valence electrons. The van der Waals surface area contributed by atoms with Crippen LogP contribution in [0.1, 0.15) is 0 Å². The number of para-hydroxylation sites is 1. The number of fused-ring (bicyclic) bond motifs is 5. The Labute approximate surface area is 232 Å². The Morgan fingerprint density at radius 3 is 1.68 bits per heavy atom. The molecule has 0 aliphatic carbocycles. The second kappa shape index (κ2) is 9.14. The molecule has 7 aromatic carbocycles. The molecule has 8 aromatic rings. The molecule has 0 saturated carbocycles. The van der Waals surface area contributed by atoms with E-state index >= 15 is 0 Å². The number of benzene rings is 7. The van der Waals surface area contributed by atoms with Crippen molar-refractivity contribution < 1.29 is 0 Å². The van der Waals surface area contributed by atoms with Crippen LogP contribution in [0, 0.1) is 0 Å². The first-order valence-corrected chi connectivity index (χ1v) is 13.7. The molecular formula is C38H26N2. The van der Waals surface area contributed by atoms with Crippen LogP contribution in [0.15, 0.2) is 152 Å². The van der Waals surface area contributed by atoms with Gasteiger partial charge in [0.2, 0.25) is 0 Å². The summed E-state index contributed by atoms with van der Waals surface area (Å²) in [6, 6.07) is 54.5. The molecule has 0 atom stereocenters. The lowest BCUT2D eigenvalue weighted by Crippen LogP contribution is -1.94. The maximum Gasteiger partial charge on any atom is 0.0542 e. The van der Waals surface area contributed by atoms with Gasteiger partial charge >= 0.3 is 0 Å². The van der Waals surface area contributed by atoms with Crippen molar-refractivity contribution in [1.29, 1.82) is 0 Å². The number of nitrogens with zero attached hydrogens (tertiary/aromatic N) is 1. The number of hydrogen-bond acceptors (Lipinski definition) is 1. The van der Waals surface area contributed by atoms with Gasteiger partial charge in [0.05, 0.1) is 11.0 Å². The van der Waals surface area contributed by atoms with Crippen molar-refractivity contribution in [3.05, 3.63) is 152 Å². The van der Waals surface area contributed by atoms with Crippen LogP contribution in [0.25, 0.3) is 60.2 Å². The molecule has 0 aliphatic heterocycles. The van der Waals surface area contributed by atoms with Gasteiger partial charge in [0.15, 0.2) is 0 Å². The number of hydrogen-bond donors (Lipinski definition) is 1. The van der Waals surface area contributed by atoms with Crippen LogP contribution in [0.3, 0.4) is 0 Å². The van der Waals surface area contributed by atoms with Crippen LogP contribution in [-0.4, -0.2) is 4.57 Å². The standard InChI is InChI=1S/C38H26N2/c1-2-12-34(13-3-1)40-37-20-17-31(30-15-14-26-8-4-6-10-28(26)22-30)24-35(37)36-25-33(19-21-38(36)40)39-32-18-16-27-9-5-7-11-29(27)23-32/h1-25,39H. The Kier molecular flexibility index (Phi) is 5.17. The molecule has 8 rings (SSSR count). The summed E-state index contributed by atoms with van der Waals surface area (Å²) in [7, 11) is 0. The third-order valence-corrected chi connectivity index (χ3v) is 7.90. The van der Waals surface area contributed by atoms with E-state index in [4.69, 9.17) is 0 Å². The molecule has 1 aromatic heterocycles.